The van der Waals surface area contributed by atoms with Gasteiger partial charge in [0, 0.05) is 0 Å². The van der Waals surface area contributed by atoms with Gasteiger partial charge in [-0.3, -0.25) is 4.40 Å². The van der Waals surface area contributed by atoms with E-state index in [1.165, 1.54) is 0 Å². The maximum atomic E-state index is 10.7. The Morgan fingerprint density at radius 3 is 3.08 bits per heavy atom. The van der Waals surface area contributed by atoms with Gasteiger partial charge in [-0.1, -0.05) is 0 Å². The summed E-state index contributed by atoms with van der Waals surface area (Å²) in [6.07, 6.45) is 1.67. The van der Waals surface area contributed by atoms with Crippen molar-refractivity contribution in [3.8, 4) is 0 Å². The van der Waals surface area contributed by atoms with Gasteiger partial charge in [-0.2, -0.15) is 0 Å². The molecule has 0 spiro atoms. The van der Waals surface area contributed by atoms with Crippen LogP contribution in [0.25, 0.3) is 5.71 Å². The van der Waals surface area contributed by atoms with Gasteiger partial charge in [-0.05, 0) is 22.9 Å². The topological polar surface area (TPSA) is 67.7 Å². The molecule has 0 aromatic carbocycles. The van der Waals surface area contributed by atoms with Crippen molar-refractivity contribution in [2.45, 2.75) is 6.92 Å². The number of halogens is 1. The summed E-state index contributed by atoms with van der Waals surface area (Å²) in [5.41, 5.74) is 0.164. The van der Waals surface area contributed by atoms with E-state index in [2.05, 4.69) is 20.9 Å². The summed E-state index contributed by atoms with van der Waals surface area (Å²) < 4.78 is 7.14. The van der Waals surface area contributed by atoms with Gasteiger partial charge in [-0.15, -0.1) is 0 Å². The largest absolute Gasteiger partial charge is 0.476 e. The third-order valence-corrected chi connectivity index (χ3v) is 2.15. The van der Waals surface area contributed by atoms with Crippen molar-refractivity contribution in [3.05, 3.63) is 22.4 Å². The third-order valence-electron chi connectivity index (χ3n) is 1.60. The van der Waals surface area contributed by atoms with E-state index in [9.17, 15) is 4.79 Å². The predicted molar refractivity (Wildman–Crippen MR) is 46.9 cm³/mol. The lowest BCUT2D eigenvalue weighted by atomic mass is 10.5. The smallest absolute Gasteiger partial charge is 0.360 e. The normalized spacial score (nSPS) is 10.9. The number of hydrogen-bond donors (Lipinski definition) is 1. The lowest BCUT2D eigenvalue weighted by molar-refractivity contribution is 0.0692. The van der Waals surface area contributed by atoms with Crippen LogP contribution in [0.15, 0.2) is 15.3 Å². The molecule has 0 aliphatic carbocycles. The summed E-state index contributed by atoms with van der Waals surface area (Å²) in [7, 11) is 0. The zero-order valence-electron chi connectivity index (χ0n) is 6.61. The number of rotatable bonds is 1. The van der Waals surface area contributed by atoms with Crippen molar-refractivity contribution in [2.75, 3.05) is 0 Å². The van der Waals surface area contributed by atoms with Crippen LogP contribution in [0.5, 0.6) is 0 Å². The molecule has 5 nitrogen and oxygen atoms in total. The third kappa shape index (κ3) is 1.14. The minimum atomic E-state index is -1.10. The molecule has 0 aliphatic rings. The van der Waals surface area contributed by atoms with Crippen LogP contribution in [0.3, 0.4) is 0 Å². The maximum absolute atomic E-state index is 10.7. The van der Waals surface area contributed by atoms with Crippen LogP contribution >= 0.6 is 15.9 Å². The molecule has 68 valence electrons. The molecule has 0 amide bonds. The summed E-state index contributed by atoms with van der Waals surface area (Å²) in [6.45, 7) is 1.74. The molecule has 0 saturated carbocycles. The molecule has 2 aromatic rings. The van der Waals surface area contributed by atoms with E-state index in [4.69, 9.17) is 9.52 Å². The number of imidazole rings is 1. The first-order valence-corrected chi connectivity index (χ1v) is 4.26. The van der Waals surface area contributed by atoms with Crippen molar-refractivity contribution in [1.82, 2.24) is 9.38 Å². The average Bonchev–Trinajstić information content (AvgIpc) is 2.51. The van der Waals surface area contributed by atoms with E-state index in [0.29, 0.717) is 10.5 Å². The highest BCUT2D eigenvalue weighted by molar-refractivity contribution is 9.10. The highest BCUT2D eigenvalue weighted by Gasteiger charge is 2.18. The molecule has 0 bridgehead atoms. The van der Waals surface area contributed by atoms with Gasteiger partial charge in [0.05, 0.1) is 6.20 Å². The molecule has 0 radical (unpaired) electrons. The molecule has 1 N–H and O–H groups in total. The second-order valence-corrected chi connectivity index (χ2v) is 3.26. The zero-order chi connectivity index (χ0) is 9.59. The molecule has 0 unspecified atom stereocenters. The number of fused-ring (bicyclic) bond motifs is 1. The maximum Gasteiger partial charge on any atom is 0.360 e. The summed E-state index contributed by atoms with van der Waals surface area (Å²) >= 11 is 3.13. The fourth-order valence-corrected chi connectivity index (χ4v) is 1.54. The predicted octanol–water partition coefficient (Wildman–Crippen LogP) is 1.70. The summed E-state index contributed by atoms with van der Waals surface area (Å²) in [4.78, 5) is 14.5. The average molecular weight is 245 g/mol. The highest BCUT2D eigenvalue weighted by Crippen LogP contribution is 2.20. The van der Waals surface area contributed by atoms with Gasteiger partial charge >= 0.3 is 5.97 Å². The molecule has 2 rings (SSSR count). The molecule has 2 heterocycles. The van der Waals surface area contributed by atoms with Crippen LogP contribution in [0.2, 0.25) is 0 Å². The first-order chi connectivity index (χ1) is 6.09. The van der Waals surface area contributed by atoms with E-state index < -0.39 is 5.97 Å². The second-order valence-electron chi connectivity index (χ2n) is 2.55. The van der Waals surface area contributed by atoms with Crippen molar-refractivity contribution < 1.29 is 14.3 Å². The van der Waals surface area contributed by atoms with E-state index >= 15 is 0 Å². The highest BCUT2D eigenvalue weighted by atomic mass is 79.9. The zero-order valence-corrected chi connectivity index (χ0v) is 8.20. The first kappa shape index (κ1) is 8.31. The minimum absolute atomic E-state index is 0.0834. The summed E-state index contributed by atoms with van der Waals surface area (Å²) in [6, 6.07) is 0. The Morgan fingerprint density at radius 1 is 1.77 bits per heavy atom. The Balaban J connectivity index is 2.83. The standard InChI is InChI=1S/C7H5BrN2O3/c1-3-2-10-5(13-3)4(6(11)12)9-7(10)8/h2H,1H3,(H,11,12). The van der Waals surface area contributed by atoms with Gasteiger partial charge in [0.2, 0.25) is 11.4 Å². The fourth-order valence-electron chi connectivity index (χ4n) is 1.10. The van der Waals surface area contributed by atoms with E-state index in [-0.39, 0.29) is 11.4 Å². The Bertz CT molecular complexity index is 485. The SMILES string of the molecule is Cc1cn2c(Br)nc(C(=O)O)c2o1. The molecule has 0 fully saturated rings. The van der Waals surface area contributed by atoms with Gasteiger partial charge < -0.3 is 9.52 Å². The van der Waals surface area contributed by atoms with Gasteiger partial charge in [0.1, 0.15) is 5.76 Å². The number of aryl methyl sites for hydroxylation is 1. The number of aromatic carboxylic acids is 1. The van der Waals surface area contributed by atoms with Crippen molar-refractivity contribution in [2.24, 2.45) is 0 Å². The molecular formula is C7H5BrN2O3. The Kier molecular flexibility index (Phi) is 1.66. The van der Waals surface area contributed by atoms with Crippen molar-refractivity contribution in [3.63, 3.8) is 0 Å². The Hall–Kier alpha value is -1.30. The van der Waals surface area contributed by atoms with Crippen LogP contribution in [-0.2, 0) is 0 Å². The first-order valence-electron chi connectivity index (χ1n) is 3.47. The number of aromatic nitrogens is 2. The number of nitrogens with zero attached hydrogens (tertiary/aromatic N) is 2. The van der Waals surface area contributed by atoms with Gasteiger partial charge in [0.25, 0.3) is 0 Å². The quantitative estimate of drug-likeness (QED) is 0.830. The molecule has 2 aromatic heterocycles. The van der Waals surface area contributed by atoms with Crippen LogP contribution < -0.4 is 0 Å². The molecule has 0 saturated heterocycles. The lowest BCUT2D eigenvalue weighted by Crippen LogP contribution is -1.96. The number of oxazole rings is 1. The van der Waals surface area contributed by atoms with E-state index in [1.54, 1.807) is 17.5 Å². The van der Waals surface area contributed by atoms with Gasteiger partial charge in [0.15, 0.2) is 4.73 Å². The Morgan fingerprint density at radius 2 is 2.46 bits per heavy atom. The molecule has 0 aliphatic heterocycles. The number of carboxylic acid groups (broad SMARTS) is 1. The number of carbonyl (C=O) groups is 1. The van der Waals surface area contributed by atoms with Crippen molar-refractivity contribution >= 4 is 27.6 Å². The summed E-state index contributed by atoms with van der Waals surface area (Å²) in [5.74, 6) is -0.460. The molecule has 0 atom stereocenters. The second kappa shape index (κ2) is 2.59. The van der Waals surface area contributed by atoms with Crippen LogP contribution in [0.4, 0.5) is 0 Å². The molecule has 13 heavy (non-hydrogen) atoms. The fraction of sp³-hybridized carbons (Fsp3) is 0.143. The van der Waals surface area contributed by atoms with Crippen molar-refractivity contribution in [1.29, 1.82) is 0 Å². The number of carboxylic acids is 1. The lowest BCUT2D eigenvalue weighted by Gasteiger charge is -1.83. The van der Waals surface area contributed by atoms with Crippen LogP contribution in [0.1, 0.15) is 16.2 Å². The van der Waals surface area contributed by atoms with Gasteiger partial charge in [-0.25, -0.2) is 9.78 Å². The minimum Gasteiger partial charge on any atom is -0.476 e. The van der Waals surface area contributed by atoms with E-state index in [1.807, 2.05) is 0 Å². The number of hydrogen-bond acceptors (Lipinski definition) is 3. The summed E-state index contributed by atoms with van der Waals surface area (Å²) in [5, 5.41) is 8.75. The molecular weight excluding hydrogens is 240 g/mol. The van der Waals surface area contributed by atoms with Crippen LogP contribution in [-0.4, -0.2) is 20.5 Å². The Labute approximate surface area is 81.1 Å². The molecule has 6 heteroatoms. The van der Waals surface area contributed by atoms with Crippen LogP contribution in [0, 0.1) is 6.92 Å². The monoisotopic (exact) mass is 244 g/mol. The van der Waals surface area contributed by atoms with E-state index in [0.717, 1.165) is 0 Å².